The van der Waals surface area contributed by atoms with Crippen LogP contribution in [0.4, 0.5) is 5.82 Å². The number of pyridine rings is 1. The highest BCUT2D eigenvalue weighted by Crippen LogP contribution is 2.31. The van der Waals surface area contributed by atoms with Crippen molar-refractivity contribution < 1.29 is 8.42 Å². The lowest BCUT2D eigenvalue weighted by molar-refractivity contribution is 0.589. The molecule has 0 spiro atoms. The molecule has 0 bridgehead atoms. The van der Waals surface area contributed by atoms with Crippen molar-refractivity contribution in [3.8, 4) is 22.6 Å². The van der Waals surface area contributed by atoms with Crippen molar-refractivity contribution in [1.82, 2.24) is 29.6 Å². The van der Waals surface area contributed by atoms with Crippen molar-refractivity contribution in [3.05, 3.63) is 30.6 Å². The van der Waals surface area contributed by atoms with Crippen molar-refractivity contribution in [2.45, 2.75) is 0 Å². The summed E-state index contributed by atoms with van der Waals surface area (Å²) < 4.78 is 24.2. The van der Waals surface area contributed by atoms with E-state index in [0.29, 0.717) is 16.9 Å². The summed E-state index contributed by atoms with van der Waals surface area (Å²) in [5.74, 6) is 0.451. The molecule has 21 heavy (non-hydrogen) atoms. The maximum absolute atomic E-state index is 11.7. The van der Waals surface area contributed by atoms with Gasteiger partial charge < -0.3 is 5.73 Å². The van der Waals surface area contributed by atoms with Crippen molar-refractivity contribution in [1.29, 1.82) is 0 Å². The van der Waals surface area contributed by atoms with E-state index in [2.05, 4.69) is 25.6 Å². The Bertz CT molecular complexity index is 866. The minimum Gasteiger partial charge on any atom is -0.384 e. The molecule has 108 valence electrons. The van der Waals surface area contributed by atoms with Crippen LogP contribution in [0.5, 0.6) is 0 Å². The Hall–Kier alpha value is -2.79. The SMILES string of the molecule is Nc1ccc(-c2ccn(S(N)(=O)=O)c2-c2nn[nH]n2)cn1. The Morgan fingerprint density at radius 2 is 2.05 bits per heavy atom. The molecule has 5 N–H and O–H groups in total. The average molecular weight is 306 g/mol. The minimum atomic E-state index is -4.00. The predicted octanol–water partition coefficient (Wildman–Crippen LogP) is -0.636. The zero-order chi connectivity index (χ0) is 15.0. The molecule has 0 atom stereocenters. The van der Waals surface area contributed by atoms with Gasteiger partial charge in [-0.3, -0.25) is 0 Å². The van der Waals surface area contributed by atoms with Crippen molar-refractivity contribution in [2.75, 3.05) is 5.73 Å². The number of anilines is 1. The summed E-state index contributed by atoms with van der Waals surface area (Å²) in [5.41, 5.74) is 6.92. The third kappa shape index (κ3) is 2.34. The lowest BCUT2D eigenvalue weighted by Gasteiger charge is -2.06. The van der Waals surface area contributed by atoms with Gasteiger partial charge in [-0.25, -0.2) is 14.1 Å². The van der Waals surface area contributed by atoms with E-state index < -0.39 is 10.2 Å². The highest BCUT2D eigenvalue weighted by atomic mass is 32.2. The van der Waals surface area contributed by atoms with E-state index in [0.717, 1.165) is 3.97 Å². The first-order chi connectivity index (χ1) is 9.97. The van der Waals surface area contributed by atoms with Crippen molar-refractivity contribution >= 4 is 16.0 Å². The molecule has 3 heterocycles. The van der Waals surface area contributed by atoms with Crippen molar-refractivity contribution in [2.24, 2.45) is 5.14 Å². The maximum atomic E-state index is 11.7. The van der Waals surface area contributed by atoms with Gasteiger partial charge in [-0.15, -0.1) is 10.2 Å². The Balaban J connectivity index is 2.27. The van der Waals surface area contributed by atoms with Crippen LogP contribution < -0.4 is 10.9 Å². The first kappa shape index (κ1) is 13.2. The first-order valence-corrected chi connectivity index (χ1v) is 7.17. The molecule has 0 saturated heterocycles. The Morgan fingerprint density at radius 3 is 2.62 bits per heavy atom. The summed E-state index contributed by atoms with van der Waals surface area (Å²) in [5, 5.41) is 18.5. The molecule has 10 nitrogen and oxygen atoms in total. The van der Waals surface area contributed by atoms with Crippen LogP contribution in [0.3, 0.4) is 0 Å². The molecule has 0 saturated carbocycles. The van der Waals surface area contributed by atoms with Crippen molar-refractivity contribution in [3.63, 3.8) is 0 Å². The van der Waals surface area contributed by atoms with E-state index in [1.54, 1.807) is 18.2 Å². The Labute approximate surface area is 119 Å². The number of hydrogen-bond donors (Lipinski definition) is 3. The molecule has 3 aromatic heterocycles. The van der Waals surface area contributed by atoms with Crippen LogP contribution in [0.1, 0.15) is 0 Å². The van der Waals surface area contributed by atoms with Crippen LogP contribution in [0.25, 0.3) is 22.6 Å². The highest BCUT2D eigenvalue weighted by molar-refractivity contribution is 7.87. The number of tetrazole rings is 1. The molecule has 0 aliphatic rings. The van der Waals surface area contributed by atoms with Gasteiger partial charge in [0.05, 0.1) is 0 Å². The number of nitrogens with zero attached hydrogens (tertiary/aromatic N) is 5. The zero-order valence-electron chi connectivity index (χ0n) is 10.5. The average Bonchev–Trinajstić information content (AvgIpc) is 3.07. The van der Waals surface area contributed by atoms with Gasteiger partial charge in [0.1, 0.15) is 11.5 Å². The highest BCUT2D eigenvalue weighted by Gasteiger charge is 2.22. The van der Waals surface area contributed by atoms with E-state index in [-0.39, 0.29) is 11.5 Å². The topological polar surface area (TPSA) is 158 Å². The lowest BCUT2D eigenvalue weighted by atomic mass is 10.1. The molecule has 0 radical (unpaired) electrons. The number of rotatable bonds is 3. The summed E-state index contributed by atoms with van der Waals surface area (Å²) in [7, 11) is -4.00. The molecule has 0 unspecified atom stereocenters. The summed E-state index contributed by atoms with van der Waals surface area (Å²) in [6.45, 7) is 0. The third-order valence-electron chi connectivity index (χ3n) is 2.78. The number of hydrogen-bond acceptors (Lipinski definition) is 7. The third-order valence-corrected chi connectivity index (χ3v) is 3.63. The fraction of sp³-hybridized carbons (Fsp3) is 0. The maximum Gasteiger partial charge on any atom is 0.303 e. The number of H-pyrrole nitrogens is 1. The largest absolute Gasteiger partial charge is 0.384 e. The second kappa shape index (κ2) is 4.64. The number of nitrogens with two attached hydrogens (primary N) is 2. The lowest BCUT2D eigenvalue weighted by Crippen LogP contribution is -2.22. The minimum absolute atomic E-state index is 0.0980. The van der Waals surface area contributed by atoms with Gasteiger partial charge in [-0.2, -0.15) is 13.6 Å². The molecular weight excluding hydrogens is 296 g/mol. The van der Waals surface area contributed by atoms with Crippen LogP contribution >= 0.6 is 0 Å². The van der Waals surface area contributed by atoms with Crippen LogP contribution in [0.2, 0.25) is 0 Å². The number of nitrogens with one attached hydrogen (secondary N) is 1. The quantitative estimate of drug-likeness (QED) is 0.580. The first-order valence-electron chi connectivity index (χ1n) is 5.67. The van der Waals surface area contributed by atoms with E-state index in [1.165, 1.54) is 12.4 Å². The molecule has 0 amide bonds. The van der Waals surface area contributed by atoms with Gasteiger partial charge >= 0.3 is 10.2 Å². The number of nitrogen functional groups attached to an aromatic ring is 1. The van der Waals surface area contributed by atoms with Gasteiger partial charge in [0.15, 0.2) is 0 Å². The molecule has 0 aliphatic carbocycles. The van der Waals surface area contributed by atoms with Gasteiger partial charge in [0.2, 0.25) is 5.82 Å². The summed E-state index contributed by atoms with van der Waals surface area (Å²) in [4.78, 5) is 3.97. The van der Waals surface area contributed by atoms with Crippen LogP contribution in [0.15, 0.2) is 30.6 Å². The Morgan fingerprint density at radius 1 is 1.24 bits per heavy atom. The summed E-state index contributed by atoms with van der Waals surface area (Å²) in [6, 6.07) is 4.88. The predicted molar refractivity (Wildman–Crippen MR) is 73.8 cm³/mol. The normalized spacial score (nSPS) is 11.7. The monoisotopic (exact) mass is 306 g/mol. The zero-order valence-corrected chi connectivity index (χ0v) is 11.3. The van der Waals surface area contributed by atoms with Gasteiger partial charge in [-0.1, -0.05) is 0 Å². The smallest absolute Gasteiger partial charge is 0.303 e. The van der Waals surface area contributed by atoms with E-state index in [4.69, 9.17) is 10.9 Å². The van der Waals surface area contributed by atoms with Crippen LogP contribution in [-0.4, -0.2) is 38.0 Å². The van der Waals surface area contributed by atoms with Gasteiger partial charge in [0, 0.05) is 23.5 Å². The second-order valence-corrected chi connectivity index (χ2v) is 5.55. The van der Waals surface area contributed by atoms with E-state index in [1.807, 2.05) is 0 Å². The van der Waals surface area contributed by atoms with Gasteiger partial charge in [0.25, 0.3) is 0 Å². The molecule has 0 aliphatic heterocycles. The fourth-order valence-corrected chi connectivity index (χ4v) is 2.57. The molecule has 0 aromatic carbocycles. The molecule has 11 heteroatoms. The van der Waals surface area contributed by atoms with E-state index in [9.17, 15) is 8.42 Å². The second-order valence-electron chi connectivity index (χ2n) is 4.13. The van der Waals surface area contributed by atoms with Crippen LogP contribution in [0, 0.1) is 0 Å². The number of aromatic nitrogens is 6. The molecule has 3 rings (SSSR count). The molecule has 3 aromatic rings. The molecule has 0 fully saturated rings. The number of aromatic amines is 1. The van der Waals surface area contributed by atoms with Gasteiger partial charge in [-0.05, 0) is 23.4 Å². The van der Waals surface area contributed by atoms with Crippen LogP contribution in [-0.2, 0) is 10.2 Å². The standard InChI is InChI=1S/C10H10N8O2S/c11-8-2-1-6(5-13-8)7-3-4-18(21(12,19)20)9(7)10-14-16-17-15-10/h1-5H,(H2,11,13)(H2,12,19,20)(H,14,15,16,17). The summed E-state index contributed by atoms with van der Waals surface area (Å²) in [6.07, 6.45) is 2.83. The Kier molecular flexibility index (Phi) is 2.92. The van der Waals surface area contributed by atoms with E-state index >= 15 is 0 Å². The summed E-state index contributed by atoms with van der Waals surface area (Å²) >= 11 is 0. The molecular formula is C10H10N8O2S. The fourth-order valence-electron chi connectivity index (χ4n) is 1.91.